The first-order valence-electron chi connectivity index (χ1n) is 11.3. The molecule has 3 aliphatic carbocycles. The number of carbonyl (C=O) groups excluding carboxylic acids is 1. The molecule has 0 bridgehead atoms. The number of hydrogen-bond acceptors (Lipinski definition) is 5. The van der Waals surface area contributed by atoms with Gasteiger partial charge in [-0.25, -0.2) is 4.79 Å². The van der Waals surface area contributed by atoms with Crippen LogP contribution in [0.4, 0.5) is 0 Å². The molecule has 0 unspecified atom stereocenters. The summed E-state index contributed by atoms with van der Waals surface area (Å²) in [4.78, 5) is 11.6. The van der Waals surface area contributed by atoms with Crippen LogP contribution in [0.2, 0.25) is 0 Å². The highest BCUT2D eigenvalue weighted by molar-refractivity contribution is 5.71. The minimum absolute atomic E-state index is 0.0266. The van der Waals surface area contributed by atoms with Gasteiger partial charge in [-0.1, -0.05) is 13.0 Å². The van der Waals surface area contributed by atoms with E-state index in [-0.39, 0.29) is 23.8 Å². The summed E-state index contributed by atoms with van der Waals surface area (Å²) in [5, 5.41) is 0. The predicted octanol–water partition coefficient (Wildman–Crippen LogP) is 4.23. The van der Waals surface area contributed by atoms with Gasteiger partial charge in [-0.2, -0.15) is 0 Å². The van der Waals surface area contributed by atoms with E-state index >= 15 is 0 Å². The zero-order valence-corrected chi connectivity index (χ0v) is 17.6. The van der Waals surface area contributed by atoms with E-state index in [1.165, 1.54) is 36.8 Å². The topological polar surface area (TPSA) is 54.0 Å². The van der Waals surface area contributed by atoms with E-state index in [4.69, 9.17) is 18.9 Å². The molecule has 0 amide bonds. The highest BCUT2D eigenvalue weighted by Gasteiger charge is 2.64. The lowest BCUT2D eigenvalue weighted by Crippen LogP contribution is -2.51. The van der Waals surface area contributed by atoms with Gasteiger partial charge in [-0.15, -0.1) is 0 Å². The first-order chi connectivity index (χ1) is 14.1. The third-order valence-electron chi connectivity index (χ3n) is 8.16. The van der Waals surface area contributed by atoms with E-state index in [1.54, 1.807) is 6.92 Å². The van der Waals surface area contributed by atoms with Gasteiger partial charge in [-0.05, 0) is 80.0 Å². The molecule has 4 atom stereocenters. The molecular weight excluding hydrogens is 368 g/mol. The highest BCUT2D eigenvalue weighted by Crippen LogP contribution is 2.66. The largest absolute Gasteiger partial charge is 0.482 e. The molecule has 5 rings (SSSR count). The Labute approximate surface area is 173 Å². The molecule has 1 aromatic carbocycles. The number of benzene rings is 1. The molecule has 3 fully saturated rings. The van der Waals surface area contributed by atoms with Crippen molar-refractivity contribution in [2.24, 2.45) is 17.3 Å². The average Bonchev–Trinajstić information content (AvgIpc) is 3.32. The number of esters is 1. The van der Waals surface area contributed by atoms with Gasteiger partial charge >= 0.3 is 5.97 Å². The Morgan fingerprint density at radius 1 is 1.17 bits per heavy atom. The fraction of sp³-hybridized carbons (Fsp3) is 0.708. The zero-order chi connectivity index (χ0) is 20.1. The van der Waals surface area contributed by atoms with Crippen molar-refractivity contribution in [3.8, 4) is 5.75 Å². The molecule has 1 spiro atoms. The van der Waals surface area contributed by atoms with Crippen molar-refractivity contribution in [3.05, 3.63) is 29.3 Å². The summed E-state index contributed by atoms with van der Waals surface area (Å²) < 4.78 is 23.1. The highest BCUT2D eigenvalue weighted by atomic mass is 16.7. The third kappa shape index (κ3) is 3.00. The lowest BCUT2D eigenvalue weighted by atomic mass is 9.55. The van der Waals surface area contributed by atoms with Gasteiger partial charge in [0.2, 0.25) is 0 Å². The van der Waals surface area contributed by atoms with Gasteiger partial charge in [0, 0.05) is 11.8 Å². The molecule has 4 aliphatic rings. The van der Waals surface area contributed by atoms with Crippen LogP contribution >= 0.6 is 0 Å². The minimum atomic E-state index is -0.326. The number of hydrogen-bond donors (Lipinski definition) is 0. The normalized spacial score (nSPS) is 34.3. The molecule has 2 saturated carbocycles. The van der Waals surface area contributed by atoms with Crippen molar-refractivity contribution in [2.75, 3.05) is 26.4 Å². The summed E-state index contributed by atoms with van der Waals surface area (Å²) in [6.07, 6.45) is 6.92. The maximum absolute atomic E-state index is 11.6. The van der Waals surface area contributed by atoms with Gasteiger partial charge in [0.25, 0.3) is 0 Å². The number of ether oxygens (including phenoxy) is 4. The van der Waals surface area contributed by atoms with Crippen molar-refractivity contribution < 1.29 is 23.7 Å². The van der Waals surface area contributed by atoms with Crippen LogP contribution in [0.5, 0.6) is 5.75 Å². The monoisotopic (exact) mass is 400 g/mol. The average molecular weight is 401 g/mol. The van der Waals surface area contributed by atoms with Crippen LogP contribution in [0.3, 0.4) is 0 Å². The van der Waals surface area contributed by atoms with Crippen LogP contribution in [0, 0.1) is 17.3 Å². The molecule has 1 heterocycles. The molecule has 1 aromatic rings. The van der Waals surface area contributed by atoms with Crippen molar-refractivity contribution in [1.29, 1.82) is 0 Å². The Balaban J connectivity index is 1.33. The fourth-order valence-electron chi connectivity index (χ4n) is 6.88. The lowest BCUT2D eigenvalue weighted by molar-refractivity contribution is -0.237. The molecule has 158 valence electrons. The molecule has 0 aromatic heterocycles. The summed E-state index contributed by atoms with van der Waals surface area (Å²) in [6, 6.07) is 6.40. The van der Waals surface area contributed by atoms with E-state index in [9.17, 15) is 4.79 Å². The van der Waals surface area contributed by atoms with E-state index in [1.807, 2.05) is 6.07 Å². The second-order valence-corrected chi connectivity index (χ2v) is 9.31. The molecule has 29 heavy (non-hydrogen) atoms. The van der Waals surface area contributed by atoms with E-state index in [2.05, 4.69) is 19.1 Å². The summed E-state index contributed by atoms with van der Waals surface area (Å²) in [5.41, 5.74) is 3.02. The van der Waals surface area contributed by atoms with Crippen molar-refractivity contribution in [1.82, 2.24) is 0 Å². The quantitative estimate of drug-likeness (QED) is 0.708. The second kappa shape index (κ2) is 7.28. The van der Waals surface area contributed by atoms with Gasteiger partial charge < -0.3 is 18.9 Å². The number of rotatable bonds is 4. The van der Waals surface area contributed by atoms with Crippen LogP contribution in [0.15, 0.2) is 18.2 Å². The molecule has 1 saturated heterocycles. The van der Waals surface area contributed by atoms with Crippen LogP contribution in [-0.2, 0) is 25.4 Å². The predicted molar refractivity (Wildman–Crippen MR) is 108 cm³/mol. The fourth-order valence-corrected chi connectivity index (χ4v) is 6.88. The summed E-state index contributed by atoms with van der Waals surface area (Å²) in [5.74, 6) is 2.12. The first kappa shape index (κ1) is 19.4. The maximum Gasteiger partial charge on any atom is 0.344 e. The molecule has 5 nitrogen and oxygen atoms in total. The Morgan fingerprint density at radius 2 is 2.00 bits per heavy atom. The standard InChI is InChI=1S/C24H32O5/c1-3-26-22(25)15-27-17-5-7-18-16(14-17)4-6-20-19(18)8-10-23(2)21(20)9-11-24(23)28-12-13-29-24/h5,7,14,19-21H,3-4,6,8-13,15H2,1-2H3/t19-,20-,21+,23+/m1/s1. The summed E-state index contributed by atoms with van der Waals surface area (Å²) in [7, 11) is 0. The smallest absolute Gasteiger partial charge is 0.344 e. The van der Waals surface area contributed by atoms with Crippen LogP contribution < -0.4 is 4.74 Å². The third-order valence-corrected chi connectivity index (χ3v) is 8.16. The van der Waals surface area contributed by atoms with Gasteiger partial charge in [0.15, 0.2) is 12.4 Å². The van der Waals surface area contributed by atoms with Crippen LogP contribution in [-0.4, -0.2) is 38.2 Å². The summed E-state index contributed by atoms with van der Waals surface area (Å²) in [6.45, 7) is 6.07. The number of carbonyl (C=O) groups is 1. The Morgan fingerprint density at radius 3 is 2.79 bits per heavy atom. The van der Waals surface area contributed by atoms with Crippen molar-refractivity contribution in [3.63, 3.8) is 0 Å². The van der Waals surface area contributed by atoms with E-state index in [0.29, 0.717) is 24.4 Å². The van der Waals surface area contributed by atoms with Gasteiger partial charge in [0.1, 0.15) is 5.75 Å². The molecule has 0 N–H and O–H groups in total. The Hall–Kier alpha value is -1.59. The molecule has 5 heteroatoms. The lowest BCUT2D eigenvalue weighted by Gasteiger charge is -2.52. The van der Waals surface area contributed by atoms with Gasteiger partial charge in [-0.3, -0.25) is 0 Å². The summed E-state index contributed by atoms with van der Waals surface area (Å²) >= 11 is 0. The molecular formula is C24H32O5. The molecule has 0 radical (unpaired) electrons. The Kier molecular flexibility index (Phi) is 4.86. The van der Waals surface area contributed by atoms with Crippen molar-refractivity contribution in [2.45, 2.75) is 64.1 Å². The SMILES string of the molecule is CCOC(=O)COc1ccc2c(c1)CC[C@@H]1[C@@H]2CC[C@@]2(C)[C@H]1CCC21OCCO1. The Bertz CT molecular complexity index is 783. The first-order valence-corrected chi connectivity index (χ1v) is 11.3. The van der Waals surface area contributed by atoms with E-state index in [0.717, 1.165) is 31.8 Å². The minimum Gasteiger partial charge on any atom is -0.482 e. The van der Waals surface area contributed by atoms with E-state index < -0.39 is 0 Å². The number of fused-ring (bicyclic) bond motifs is 6. The second-order valence-electron chi connectivity index (χ2n) is 9.31. The molecule has 1 aliphatic heterocycles. The van der Waals surface area contributed by atoms with Crippen LogP contribution in [0.1, 0.15) is 63.0 Å². The number of aryl methyl sites for hydroxylation is 1. The zero-order valence-electron chi connectivity index (χ0n) is 17.6. The van der Waals surface area contributed by atoms with Crippen LogP contribution in [0.25, 0.3) is 0 Å². The van der Waals surface area contributed by atoms with Crippen molar-refractivity contribution >= 4 is 5.97 Å². The maximum atomic E-state index is 11.6. The van der Waals surface area contributed by atoms with Gasteiger partial charge in [0.05, 0.1) is 19.8 Å².